The van der Waals surface area contributed by atoms with E-state index in [-0.39, 0.29) is 22.9 Å². The first kappa shape index (κ1) is 20.4. The highest BCUT2D eigenvalue weighted by Crippen LogP contribution is 2.34. The monoisotopic (exact) mass is 420 g/mol. The lowest BCUT2D eigenvalue weighted by molar-refractivity contribution is -0.0295. The summed E-state index contributed by atoms with van der Waals surface area (Å²) in [7, 11) is 5.71. The summed E-state index contributed by atoms with van der Waals surface area (Å²) in [6.07, 6.45) is 3.57. The fourth-order valence-electron chi connectivity index (χ4n) is 2.39. The molecule has 8 nitrogen and oxygen atoms in total. The van der Waals surface area contributed by atoms with E-state index in [1.54, 1.807) is 28.8 Å². The van der Waals surface area contributed by atoms with Gasteiger partial charge in [0.2, 0.25) is 0 Å². The van der Waals surface area contributed by atoms with Gasteiger partial charge in [0, 0.05) is 18.6 Å². The number of anilines is 2. The highest BCUT2D eigenvalue weighted by Gasteiger charge is 2.20. The number of hydroxylamine groups is 1. The van der Waals surface area contributed by atoms with Crippen molar-refractivity contribution in [3.8, 4) is 0 Å². The Balaban J connectivity index is 1.96. The Morgan fingerprint density at radius 2 is 2.18 bits per heavy atom. The summed E-state index contributed by atoms with van der Waals surface area (Å²) in [6.45, 7) is -0.777. The van der Waals surface area contributed by atoms with Crippen molar-refractivity contribution >= 4 is 59.4 Å². The molecular weight excluding hydrogens is 406 g/mol. The largest absolute Gasteiger partial charge is 0.394 e. The van der Waals surface area contributed by atoms with Crippen molar-refractivity contribution in [3.63, 3.8) is 0 Å². The molecule has 0 unspecified atom stereocenters. The van der Waals surface area contributed by atoms with Gasteiger partial charge in [-0.1, -0.05) is 34.7 Å². The summed E-state index contributed by atoms with van der Waals surface area (Å²) in [6, 6.07) is 4.86. The van der Waals surface area contributed by atoms with Crippen molar-refractivity contribution in [2.45, 2.75) is 6.10 Å². The topological polar surface area (TPSA) is 108 Å². The molecule has 3 rings (SSSR count). The van der Waals surface area contributed by atoms with Crippen molar-refractivity contribution in [1.29, 1.82) is 0 Å². The van der Waals surface area contributed by atoms with E-state index in [1.807, 2.05) is 0 Å². The van der Waals surface area contributed by atoms with Gasteiger partial charge in [-0.2, -0.15) is 0 Å². The maximum Gasteiger partial charge on any atom is 0.278 e. The van der Waals surface area contributed by atoms with E-state index in [0.717, 1.165) is 0 Å². The quantitative estimate of drug-likeness (QED) is 0.338. The van der Waals surface area contributed by atoms with Crippen LogP contribution < -0.4 is 16.3 Å². The number of amides is 1. The van der Waals surface area contributed by atoms with E-state index in [1.165, 1.54) is 12.4 Å². The van der Waals surface area contributed by atoms with E-state index >= 15 is 0 Å². The van der Waals surface area contributed by atoms with Crippen LogP contribution in [-0.2, 0) is 4.84 Å². The molecule has 3 aromatic rings. The number of aliphatic hydroxyl groups is 2. The fraction of sp³-hybridized carbons (Fsp3) is 0.176. The van der Waals surface area contributed by atoms with Crippen LogP contribution in [0.2, 0.25) is 10.0 Å². The Labute approximate surface area is 171 Å². The van der Waals surface area contributed by atoms with Crippen molar-refractivity contribution < 1.29 is 19.8 Å². The molecule has 0 bridgehead atoms. The van der Waals surface area contributed by atoms with Gasteiger partial charge in [-0.05, 0) is 12.1 Å². The molecular formula is C17H15BCl2N4O4. The number of carbonyl (C=O) groups excluding carboxylic acids is 1. The number of aliphatic hydroxyl groups excluding tert-OH is 2. The number of aromatic nitrogens is 2. The lowest BCUT2D eigenvalue weighted by Crippen LogP contribution is -2.30. The van der Waals surface area contributed by atoms with Gasteiger partial charge in [-0.25, -0.2) is 10.5 Å². The number of rotatable bonds is 7. The second-order valence-electron chi connectivity index (χ2n) is 5.83. The Morgan fingerprint density at radius 3 is 2.89 bits per heavy atom. The van der Waals surface area contributed by atoms with Gasteiger partial charge in [0.25, 0.3) is 5.91 Å². The second-order valence-corrected chi connectivity index (χ2v) is 6.62. The average molecular weight is 421 g/mol. The zero-order valence-corrected chi connectivity index (χ0v) is 15.9. The van der Waals surface area contributed by atoms with Gasteiger partial charge in [-0.3, -0.25) is 9.63 Å². The van der Waals surface area contributed by atoms with Crippen LogP contribution in [0.1, 0.15) is 10.4 Å². The normalized spacial score (nSPS) is 12.1. The number of nitrogens with zero attached hydrogens (tertiary/aromatic N) is 2. The first-order chi connectivity index (χ1) is 13.4. The third-order valence-corrected chi connectivity index (χ3v) is 4.44. The molecule has 0 saturated heterocycles. The van der Waals surface area contributed by atoms with Gasteiger partial charge in [-0.15, -0.1) is 0 Å². The lowest BCUT2D eigenvalue weighted by atomic mass is 9.96. The highest BCUT2D eigenvalue weighted by atomic mass is 35.5. The number of hydrogen-bond donors (Lipinski definition) is 4. The number of benzene rings is 1. The summed E-state index contributed by atoms with van der Waals surface area (Å²) < 4.78 is 1.58. The molecule has 0 spiro atoms. The smallest absolute Gasteiger partial charge is 0.278 e. The molecule has 0 aliphatic rings. The molecule has 28 heavy (non-hydrogen) atoms. The molecule has 2 heterocycles. The third-order valence-electron chi connectivity index (χ3n) is 3.77. The Kier molecular flexibility index (Phi) is 6.43. The Morgan fingerprint density at radius 1 is 1.39 bits per heavy atom. The van der Waals surface area contributed by atoms with Crippen LogP contribution in [0.4, 0.5) is 11.4 Å². The van der Waals surface area contributed by atoms with Gasteiger partial charge >= 0.3 is 0 Å². The predicted molar refractivity (Wildman–Crippen MR) is 107 cm³/mol. The van der Waals surface area contributed by atoms with E-state index in [2.05, 4.69) is 15.8 Å². The predicted octanol–water partition coefficient (Wildman–Crippen LogP) is 1.19. The minimum absolute atomic E-state index is 0.141. The molecule has 0 aliphatic carbocycles. The standard InChI is InChI=1S/C17H15BCl2N4O4/c18-9-1-2-13(12(19)5-9)22-15-11(17(27)23-28-8-10(26)7-25)6-24-4-3-21-16(24)14(15)20/h1-6,10,22,25-26H,7-8H2,(H,23,27)/t10-/m1/s1. The maximum atomic E-state index is 12.6. The van der Waals surface area contributed by atoms with Gasteiger partial charge < -0.3 is 19.9 Å². The maximum absolute atomic E-state index is 12.6. The molecule has 2 radical (unpaired) electrons. The van der Waals surface area contributed by atoms with Crippen molar-refractivity contribution in [1.82, 2.24) is 14.9 Å². The molecule has 1 atom stereocenters. The van der Waals surface area contributed by atoms with Crippen molar-refractivity contribution in [3.05, 3.63) is 52.4 Å². The lowest BCUT2D eigenvalue weighted by Gasteiger charge is -2.16. The van der Waals surface area contributed by atoms with Crippen molar-refractivity contribution in [2.24, 2.45) is 0 Å². The SMILES string of the molecule is [B]c1ccc(Nc2c(C(=O)NOC[C@H](O)CO)cn3ccnc3c2Cl)c(Cl)c1. The molecule has 2 aromatic heterocycles. The number of carbonyl (C=O) groups is 1. The second kappa shape index (κ2) is 8.81. The molecule has 4 N–H and O–H groups in total. The summed E-state index contributed by atoms with van der Waals surface area (Å²) in [5.74, 6) is -0.628. The Bertz CT molecular complexity index is 1010. The molecule has 1 aromatic carbocycles. The van der Waals surface area contributed by atoms with Crippen LogP contribution in [0, 0.1) is 0 Å². The molecule has 0 saturated carbocycles. The number of fused-ring (bicyclic) bond motifs is 1. The fourth-order valence-corrected chi connectivity index (χ4v) is 2.93. The van der Waals surface area contributed by atoms with Crippen LogP contribution in [0.25, 0.3) is 5.65 Å². The van der Waals surface area contributed by atoms with Crippen molar-refractivity contribution in [2.75, 3.05) is 18.5 Å². The van der Waals surface area contributed by atoms with E-state index < -0.39 is 18.6 Å². The summed E-state index contributed by atoms with van der Waals surface area (Å²) in [5, 5.41) is 21.7. The summed E-state index contributed by atoms with van der Waals surface area (Å²) in [5.41, 5.74) is 4.01. The Hall–Kier alpha value is -2.30. The van der Waals surface area contributed by atoms with Gasteiger partial charge in [0.1, 0.15) is 25.6 Å². The number of nitrogens with one attached hydrogen (secondary N) is 2. The summed E-state index contributed by atoms with van der Waals surface area (Å²) in [4.78, 5) is 21.7. The zero-order valence-electron chi connectivity index (χ0n) is 14.4. The average Bonchev–Trinajstić information content (AvgIpc) is 3.14. The molecule has 0 fully saturated rings. The van der Waals surface area contributed by atoms with Crippen LogP contribution in [0.3, 0.4) is 0 Å². The number of pyridine rings is 1. The number of hydrogen-bond acceptors (Lipinski definition) is 6. The molecule has 0 aliphatic heterocycles. The third kappa shape index (κ3) is 4.40. The van der Waals surface area contributed by atoms with E-state index in [4.69, 9.17) is 41.0 Å². The first-order valence-electron chi connectivity index (χ1n) is 8.09. The molecule has 11 heteroatoms. The van der Waals surface area contributed by atoms with Gasteiger partial charge in [0.15, 0.2) is 5.65 Å². The van der Waals surface area contributed by atoms with E-state index in [0.29, 0.717) is 21.8 Å². The summed E-state index contributed by atoms with van der Waals surface area (Å²) >= 11 is 12.7. The van der Waals surface area contributed by atoms with Gasteiger partial charge in [0.05, 0.1) is 28.6 Å². The van der Waals surface area contributed by atoms with Crippen LogP contribution in [0.5, 0.6) is 0 Å². The van der Waals surface area contributed by atoms with Crippen LogP contribution >= 0.6 is 23.2 Å². The minimum Gasteiger partial charge on any atom is -0.394 e. The van der Waals surface area contributed by atoms with Crippen LogP contribution in [-0.4, -0.2) is 52.7 Å². The van der Waals surface area contributed by atoms with Crippen LogP contribution in [0.15, 0.2) is 36.8 Å². The number of imidazole rings is 1. The molecule has 1 amide bonds. The zero-order chi connectivity index (χ0) is 20.3. The molecule has 144 valence electrons. The highest BCUT2D eigenvalue weighted by molar-refractivity contribution is 6.39. The minimum atomic E-state index is -1.12. The van der Waals surface area contributed by atoms with E-state index in [9.17, 15) is 9.90 Å². The number of halogens is 2. The first-order valence-corrected chi connectivity index (χ1v) is 8.84.